The van der Waals surface area contributed by atoms with Crippen molar-refractivity contribution >= 4 is 28.8 Å². The Kier molecular flexibility index (Phi) is 3.57. The molecule has 0 spiro atoms. The van der Waals surface area contributed by atoms with Crippen LogP contribution in [0.25, 0.3) is 0 Å². The lowest BCUT2D eigenvalue weighted by Gasteiger charge is -2.04. The van der Waals surface area contributed by atoms with E-state index in [1.165, 1.54) is 13.2 Å². The predicted octanol–water partition coefficient (Wildman–Crippen LogP) is 1.79. The minimum absolute atomic E-state index is 0.107. The third-order valence-corrected chi connectivity index (χ3v) is 2.07. The van der Waals surface area contributed by atoms with Gasteiger partial charge in [0, 0.05) is 5.56 Å². The van der Waals surface area contributed by atoms with Gasteiger partial charge in [0.1, 0.15) is 11.3 Å². The molecule has 0 heterocycles. The van der Waals surface area contributed by atoms with Gasteiger partial charge >= 0.3 is 0 Å². The first-order valence-corrected chi connectivity index (χ1v) is 4.40. The molecular weight excluding hydrogens is 238 g/mol. The third kappa shape index (κ3) is 2.17. The van der Waals surface area contributed by atoms with Crippen molar-refractivity contribution in [3.63, 3.8) is 0 Å². The Hall–Kier alpha value is -1.95. The van der Waals surface area contributed by atoms with Crippen molar-refractivity contribution < 1.29 is 19.2 Å². The van der Waals surface area contributed by atoms with Gasteiger partial charge in [0.05, 0.1) is 18.1 Å². The Morgan fingerprint density at radius 3 is 2.56 bits per heavy atom. The first-order valence-electron chi connectivity index (χ1n) is 4.02. The van der Waals surface area contributed by atoms with E-state index in [4.69, 9.17) is 16.3 Å². The Morgan fingerprint density at radius 2 is 2.19 bits per heavy atom. The molecular formula is C9H6ClNO5. The van der Waals surface area contributed by atoms with Gasteiger partial charge in [-0.25, -0.2) is 0 Å². The molecule has 1 aromatic carbocycles. The van der Waals surface area contributed by atoms with Crippen molar-refractivity contribution in [2.75, 3.05) is 7.11 Å². The zero-order valence-electron chi connectivity index (χ0n) is 8.10. The summed E-state index contributed by atoms with van der Waals surface area (Å²) in [5, 5.41) is 9.63. The standard InChI is InChI=1S/C9H6ClNO5/c1-16-6-2-5(4-12)8(9(10)13)7(3-6)11(14)15/h2-4H,1H3. The first kappa shape index (κ1) is 12.1. The fraction of sp³-hybridized carbons (Fsp3) is 0.111. The van der Waals surface area contributed by atoms with Gasteiger partial charge < -0.3 is 4.74 Å². The molecule has 0 radical (unpaired) electrons. The Labute approximate surface area is 94.9 Å². The summed E-state index contributed by atoms with van der Waals surface area (Å²) in [6, 6.07) is 2.23. The quantitative estimate of drug-likeness (QED) is 0.348. The maximum absolute atomic E-state index is 11.0. The average molecular weight is 244 g/mol. The number of halogens is 1. The summed E-state index contributed by atoms with van der Waals surface area (Å²) in [5.74, 6) is 0.107. The maximum atomic E-state index is 11.0. The van der Waals surface area contributed by atoms with Gasteiger partial charge in [-0.05, 0) is 17.7 Å². The average Bonchev–Trinajstić information content (AvgIpc) is 2.26. The number of nitro groups is 1. The van der Waals surface area contributed by atoms with Crippen molar-refractivity contribution in [1.29, 1.82) is 0 Å². The maximum Gasteiger partial charge on any atom is 0.285 e. The minimum Gasteiger partial charge on any atom is -0.496 e. The van der Waals surface area contributed by atoms with Gasteiger partial charge in [0.25, 0.3) is 10.9 Å². The number of nitro benzene ring substituents is 1. The van der Waals surface area contributed by atoms with Gasteiger partial charge in [0.15, 0.2) is 6.29 Å². The molecule has 0 saturated carbocycles. The van der Waals surface area contributed by atoms with Crippen LogP contribution in [-0.2, 0) is 0 Å². The second-order valence-corrected chi connectivity index (χ2v) is 3.10. The Balaban J connectivity index is 3.60. The van der Waals surface area contributed by atoms with E-state index < -0.39 is 21.4 Å². The summed E-state index contributed by atoms with van der Waals surface area (Å²) in [5.41, 5.74) is -1.16. The van der Waals surface area contributed by atoms with E-state index in [0.717, 1.165) is 6.07 Å². The van der Waals surface area contributed by atoms with E-state index in [9.17, 15) is 19.7 Å². The number of carbonyl (C=O) groups is 2. The summed E-state index contributed by atoms with van der Waals surface area (Å²) in [6.07, 6.45) is 0.311. The van der Waals surface area contributed by atoms with Crippen molar-refractivity contribution in [2.45, 2.75) is 0 Å². The van der Waals surface area contributed by atoms with Crippen molar-refractivity contribution in [2.24, 2.45) is 0 Å². The van der Waals surface area contributed by atoms with Gasteiger partial charge in [-0.15, -0.1) is 0 Å². The van der Waals surface area contributed by atoms with E-state index in [2.05, 4.69) is 0 Å². The Morgan fingerprint density at radius 1 is 1.56 bits per heavy atom. The summed E-state index contributed by atoms with van der Waals surface area (Å²) in [7, 11) is 1.29. The molecule has 0 aliphatic carbocycles. The number of methoxy groups -OCH3 is 1. The monoisotopic (exact) mass is 243 g/mol. The van der Waals surface area contributed by atoms with Crippen molar-refractivity contribution in [3.8, 4) is 5.75 Å². The molecule has 0 unspecified atom stereocenters. The number of carbonyl (C=O) groups excluding carboxylic acids is 2. The molecule has 1 rings (SSSR count). The zero-order valence-corrected chi connectivity index (χ0v) is 8.85. The second kappa shape index (κ2) is 4.71. The largest absolute Gasteiger partial charge is 0.496 e. The first-order chi connectivity index (χ1) is 7.51. The highest BCUT2D eigenvalue weighted by Crippen LogP contribution is 2.29. The van der Waals surface area contributed by atoms with E-state index in [0.29, 0.717) is 6.29 Å². The summed E-state index contributed by atoms with van der Waals surface area (Å²) >= 11 is 5.19. The number of ether oxygens (including phenoxy) is 1. The van der Waals surface area contributed by atoms with Crippen LogP contribution < -0.4 is 4.74 Å². The lowest BCUT2D eigenvalue weighted by Crippen LogP contribution is -2.04. The zero-order chi connectivity index (χ0) is 12.3. The lowest BCUT2D eigenvalue weighted by atomic mass is 10.1. The van der Waals surface area contributed by atoms with E-state index >= 15 is 0 Å². The molecule has 0 aromatic heterocycles. The topological polar surface area (TPSA) is 86.5 Å². The minimum atomic E-state index is -1.06. The number of rotatable bonds is 4. The van der Waals surface area contributed by atoms with Crippen LogP contribution >= 0.6 is 11.6 Å². The summed E-state index contributed by atoms with van der Waals surface area (Å²) in [4.78, 5) is 31.6. The van der Waals surface area contributed by atoms with Crippen LogP contribution in [0.15, 0.2) is 12.1 Å². The molecule has 0 amide bonds. The van der Waals surface area contributed by atoms with Gasteiger partial charge in [0.2, 0.25) is 0 Å². The highest BCUT2D eigenvalue weighted by molar-refractivity contribution is 6.68. The smallest absolute Gasteiger partial charge is 0.285 e. The number of hydrogen-bond donors (Lipinski definition) is 0. The second-order valence-electron chi connectivity index (χ2n) is 2.76. The molecule has 7 heteroatoms. The molecule has 16 heavy (non-hydrogen) atoms. The number of hydrogen-bond acceptors (Lipinski definition) is 5. The highest BCUT2D eigenvalue weighted by Gasteiger charge is 2.24. The molecule has 0 fully saturated rings. The van der Waals surface area contributed by atoms with Crippen molar-refractivity contribution in [3.05, 3.63) is 33.4 Å². The SMILES string of the molecule is COc1cc(C=O)c(C(=O)Cl)c([N+](=O)[O-])c1. The highest BCUT2D eigenvalue weighted by atomic mass is 35.5. The fourth-order valence-corrected chi connectivity index (χ4v) is 1.40. The van der Waals surface area contributed by atoms with Crippen LogP contribution in [0.1, 0.15) is 20.7 Å². The molecule has 6 nitrogen and oxygen atoms in total. The number of nitrogens with zero attached hydrogens (tertiary/aromatic N) is 1. The molecule has 0 aliphatic heterocycles. The summed E-state index contributed by atoms with van der Waals surface area (Å²) < 4.78 is 4.76. The normalized spacial score (nSPS) is 9.62. The third-order valence-electron chi connectivity index (χ3n) is 1.88. The van der Waals surface area contributed by atoms with Crippen LogP contribution in [0, 0.1) is 10.1 Å². The molecule has 0 bridgehead atoms. The van der Waals surface area contributed by atoms with Gasteiger partial charge in [-0.3, -0.25) is 19.7 Å². The predicted molar refractivity (Wildman–Crippen MR) is 55.2 cm³/mol. The van der Waals surface area contributed by atoms with E-state index in [1.54, 1.807) is 0 Å². The van der Waals surface area contributed by atoms with Gasteiger partial charge in [-0.1, -0.05) is 0 Å². The van der Waals surface area contributed by atoms with E-state index in [1.807, 2.05) is 0 Å². The number of aldehydes is 1. The van der Waals surface area contributed by atoms with Crippen LogP contribution in [-0.4, -0.2) is 23.6 Å². The molecule has 0 aliphatic rings. The lowest BCUT2D eigenvalue weighted by molar-refractivity contribution is -0.385. The van der Waals surface area contributed by atoms with Crippen LogP contribution in [0.5, 0.6) is 5.75 Å². The number of benzene rings is 1. The van der Waals surface area contributed by atoms with Crippen molar-refractivity contribution in [1.82, 2.24) is 0 Å². The van der Waals surface area contributed by atoms with E-state index in [-0.39, 0.29) is 11.3 Å². The molecule has 1 aromatic rings. The molecule has 84 valence electrons. The Bertz CT molecular complexity index is 471. The van der Waals surface area contributed by atoms with Gasteiger partial charge in [-0.2, -0.15) is 0 Å². The molecule has 0 atom stereocenters. The van der Waals surface area contributed by atoms with Crippen LogP contribution in [0.4, 0.5) is 5.69 Å². The van der Waals surface area contributed by atoms with Crippen LogP contribution in [0.3, 0.4) is 0 Å². The van der Waals surface area contributed by atoms with Crippen LogP contribution in [0.2, 0.25) is 0 Å². The summed E-state index contributed by atoms with van der Waals surface area (Å²) in [6.45, 7) is 0. The molecule has 0 saturated heterocycles. The fourth-order valence-electron chi connectivity index (χ4n) is 1.19. The molecule has 0 N–H and O–H groups in total.